The molecule has 0 spiro atoms. The number of hydrogen-bond donors (Lipinski definition) is 2. The minimum atomic E-state index is -3.55. The van der Waals surface area contributed by atoms with Gasteiger partial charge in [-0.1, -0.05) is 24.3 Å². The molecule has 6 heteroatoms. The number of rotatable bonds is 3. The number of imidazole rings is 1. The second kappa shape index (κ2) is 5.03. The average molecular weight is 291 g/mol. The van der Waals surface area contributed by atoms with E-state index in [1.54, 1.807) is 6.92 Å². The highest BCUT2D eigenvalue weighted by molar-refractivity contribution is 7.89. The van der Waals surface area contributed by atoms with Crippen LogP contribution in [0.5, 0.6) is 0 Å². The van der Waals surface area contributed by atoms with Crippen molar-refractivity contribution < 1.29 is 8.42 Å². The first-order valence-corrected chi connectivity index (χ1v) is 8.16. The van der Waals surface area contributed by atoms with Crippen molar-refractivity contribution in [3.63, 3.8) is 0 Å². The molecule has 1 heterocycles. The quantitative estimate of drug-likeness (QED) is 0.909. The highest BCUT2D eigenvalue weighted by atomic mass is 32.2. The van der Waals surface area contributed by atoms with Gasteiger partial charge in [-0.15, -0.1) is 0 Å². The summed E-state index contributed by atoms with van der Waals surface area (Å²) in [5, 5.41) is 0.123. The van der Waals surface area contributed by atoms with Crippen molar-refractivity contribution in [1.29, 1.82) is 0 Å². The van der Waals surface area contributed by atoms with E-state index in [0.717, 1.165) is 24.8 Å². The SMILES string of the molecule is Cc1ncc(S(=O)(=O)NC2CCCc3ccccc32)[nH]1. The third kappa shape index (κ3) is 2.48. The van der Waals surface area contributed by atoms with Crippen molar-refractivity contribution in [2.24, 2.45) is 0 Å². The summed E-state index contributed by atoms with van der Waals surface area (Å²) in [6, 6.07) is 7.85. The number of aromatic nitrogens is 2. The molecule has 0 saturated carbocycles. The van der Waals surface area contributed by atoms with Gasteiger partial charge in [0.2, 0.25) is 0 Å². The van der Waals surface area contributed by atoms with E-state index >= 15 is 0 Å². The third-order valence-electron chi connectivity index (χ3n) is 3.64. The van der Waals surface area contributed by atoms with Gasteiger partial charge in [0, 0.05) is 6.04 Å². The number of hydrogen-bond acceptors (Lipinski definition) is 3. The molecule has 1 aromatic heterocycles. The lowest BCUT2D eigenvalue weighted by molar-refractivity contribution is 0.506. The predicted molar refractivity (Wildman–Crippen MR) is 75.8 cm³/mol. The normalized spacial score (nSPS) is 18.8. The Morgan fingerprint density at radius 2 is 2.15 bits per heavy atom. The first-order valence-electron chi connectivity index (χ1n) is 6.68. The molecule has 1 aliphatic rings. The van der Waals surface area contributed by atoms with E-state index in [1.165, 1.54) is 11.8 Å². The van der Waals surface area contributed by atoms with Crippen LogP contribution in [0.4, 0.5) is 0 Å². The fourth-order valence-electron chi connectivity index (χ4n) is 2.66. The molecule has 2 N–H and O–H groups in total. The molecule has 0 bridgehead atoms. The lowest BCUT2D eigenvalue weighted by atomic mass is 9.88. The van der Waals surface area contributed by atoms with E-state index in [1.807, 2.05) is 18.2 Å². The lowest BCUT2D eigenvalue weighted by Crippen LogP contribution is -2.31. The summed E-state index contributed by atoms with van der Waals surface area (Å²) < 4.78 is 27.5. The number of H-pyrrole nitrogens is 1. The monoisotopic (exact) mass is 291 g/mol. The zero-order valence-electron chi connectivity index (χ0n) is 11.3. The van der Waals surface area contributed by atoms with Gasteiger partial charge in [0.1, 0.15) is 5.82 Å². The van der Waals surface area contributed by atoms with Gasteiger partial charge in [0.25, 0.3) is 10.0 Å². The van der Waals surface area contributed by atoms with Crippen molar-refractivity contribution in [1.82, 2.24) is 14.7 Å². The van der Waals surface area contributed by atoms with E-state index in [4.69, 9.17) is 0 Å². The first kappa shape index (κ1) is 13.3. The molecular weight excluding hydrogens is 274 g/mol. The standard InChI is InChI=1S/C14H17N3O2S/c1-10-15-9-14(16-10)20(18,19)17-13-8-4-6-11-5-2-3-7-12(11)13/h2-3,5,7,9,13,17H,4,6,8H2,1H3,(H,15,16). The molecule has 1 atom stereocenters. The highest BCUT2D eigenvalue weighted by Crippen LogP contribution is 2.30. The molecule has 0 fully saturated rings. The summed E-state index contributed by atoms with van der Waals surface area (Å²) in [4.78, 5) is 6.71. The second-order valence-corrected chi connectivity index (χ2v) is 6.78. The van der Waals surface area contributed by atoms with Gasteiger partial charge >= 0.3 is 0 Å². The molecule has 0 saturated heterocycles. The maximum Gasteiger partial charge on any atom is 0.258 e. The number of nitrogens with zero attached hydrogens (tertiary/aromatic N) is 1. The summed E-state index contributed by atoms with van der Waals surface area (Å²) in [6.45, 7) is 1.73. The van der Waals surface area contributed by atoms with Crippen LogP contribution in [0.3, 0.4) is 0 Å². The molecule has 0 amide bonds. The number of sulfonamides is 1. The Bertz CT molecular complexity index is 722. The van der Waals surface area contributed by atoms with E-state index in [9.17, 15) is 8.42 Å². The Labute approximate surface area is 118 Å². The predicted octanol–water partition coefficient (Wildman–Crippen LogP) is 2.07. The van der Waals surface area contributed by atoms with E-state index in [-0.39, 0.29) is 11.1 Å². The summed E-state index contributed by atoms with van der Waals surface area (Å²) in [6.07, 6.45) is 4.18. The van der Waals surface area contributed by atoms with Crippen LogP contribution in [-0.4, -0.2) is 18.4 Å². The lowest BCUT2D eigenvalue weighted by Gasteiger charge is -2.25. The molecule has 3 rings (SSSR count). The number of aryl methyl sites for hydroxylation is 2. The molecule has 0 radical (unpaired) electrons. The molecule has 106 valence electrons. The smallest absolute Gasteiger partial charge is 0.258 e. The van der Waals surface area contributed by atoms with Crippen molar-refractivity contribution in [3.8, 4) is 0 Å². The van der Waals surface area contributed by atoms with Gasteiger partial charge in [-0.05, 0) is 37.3 Å². The Kier molecular flexibility index (Phi) is 3.35. The topological polar surface area (TPSA) is 74.8 Å². The summed E-state index contributed by atoms with van der Waals surface area (Å²) >= 11 is 0. The number of nitrogens with one attached hydrogen (secondary N) is 2. The molecule has 1 unspecified atom stereocenters. The summed E-state index contributed by atoms with van der Waals surface area (Å²) in [7, 11) is -3.55. The Morgan fingerprint density at radius 3 is 2.90 bits per heavy atom. The molecule has 20 heavy (non-hydrogen) atoms. The van der Waals surface area contributed by atoms with Crippen LogP contribution < -0.4 is 4.72 Å². The maximum atomic E-state index is 12.3. The Morgan fingerprint density at radius 1 is 1.35 bits per heavy atom. The number of fused-ring (bicyclic) bond motifs is 1. The molecule has 2 aromatic rings. The van der Waals surface area contributed by atoms with Crippen LogP contribution in [0.1, 0.15) is 35.8 Å². The maximum absolute atomic E-state index is 12.3. The van der Waals surface area contributed by atoms with Crippen molar-refractivity contribution in [2.45, 2.75) is 37.3 Å². The van der Waals surface area contributed by atoms with Crippen LogP contribution in [-0.2, 0) is 16.4 Å². The Hall–Kier alpha value is -1.66. The summed E-state index contributed by atoms with van der Waals surface area (Å²) in [5.74, 6) is 0.592. The van der Waals surface area contributed by atoms with Crippen molar-refractivity contribution >= 4 is 10.0 Å². The fraction of sp³-hybridized carbons (Fsp3) is 0.357. The van der Waals surface area contributed by atoms with E-state index < -0.39 is 10.0 Å². The second-order valence-electron chi connectivity index (χ2n) is 5.10. The van der Waals surface area contributed by atoms with Crippen LogP contribution in [0.2, 0.25) is 0 Å². The van der Waals surface area contributed by atoms with Crippen LogP contribution in [0.15, 0.2) is 35.5 Å². The van der Waals surface area contributed by atoms with Gasteiger partial charge in [-0.2, -0.15) is 0 Å². The molecule has 1 aromatic carbocycles. The minimum Gasteiger partial charge on any atom is -0.332 e. The third-order valence-corrected chi connectivity index (χ3v) is 5.02. The van der Waals surface area contributed by atoms with Gasteiger partial charge in [0.05, 0.1) is 6.20 Å². The van der Waals surface area contributed by atoms with Crippen LogP contribution in [0, 0.1) is 6.92 Å². The highest BCUT2D eigenvalue weighted by Gasteiger charge is 2.26. The number of aromatic amines is 1. The largest absolute Gasteiger partial charge is 0.332 e. The van der Waals surface area contributed by atoms with Gasteiger partial charge in [-0.25, -0.2) is 18.1 Å². The zero-order chi connectivity index (χ0) is 14.2. The molecule has 1 aliphatic carbocycles. The molecular formula is C14H17N3O2S. The van der Waals surface area contributed by atoms with Crippen molar-refractivity contribution in [2.75, 3.05) is 0 Å². The van der Waals surface area contributed by atoms with Gasteiger partial charge in [0.15, 0.2) is 5.03 Å². The van der Waals surface area contributed by atoms with Gasteiger partial charge < -0.3 is 4.98 Å². The molecule has 5 nitrogen and oxygen atoms in total. The van der Waals surface area contributed by atoms with Crippen LogP contribution >= 0.6 is 0 Å². The van der Waals surface area contributed by atoms with Gasteiger partial charge in [-0.3, -0.25) is 0 Å². The minimum absolute atomic E-state index is 0.123. The Balaban J connectivity index is 1.89. The van der Waals surface area contributed by atoms with Crippen LogP contribution in [0.25, 0.3) is 0 Å². The van der Waals surface area contributed by atoms with E-state index in [2.05, 4.69) is 20.8 Å². The van der Waals surface area contributed by atoms with E-state index in [0.29, 0.717) is 5.82 Å². The average Bonchev–Trinajstić information content (AvgIpc) is 2.86. The zero-order valence-corrected chi connectivity index (χ0v) is 12.1. The van der Waals surface area contributed by atoms with Crippen molar-refractivity contribution in [3.05, 3.63) is 47.4 Å². The summed E-state index contributed by atoms with van der Waals surface area (Å²) in [5.41, 5.74) is 2.31. The first-order chi connectivity index (χ1) is 9.56. The number of benzene rings is 1. The fourth-order valence-corrected chi connectivity index (χ4v) is 3.88. The molecule has 0 aliphatic heterocycles.